The number of hydrogen-bond acceptors (Lipinski definition) is 6. The van der Waals surface area contributed by atoms with Crippen molar-refractivity contribution < 1.29 is 18.8 Å². The molecular formula is C18H19N5O4. The average molecular weight is 369 g/mol. The van der Waals surface area contributed by atoms with E-state index in [0.717, 1.165) is 17.0 Å². The number of anilines is 1. The SMILES string of the molecule is Cc1noc(C)c1COc1ccc(C(=O)Nc2cnn(CC(N)=O)c2)cc1. The first-order chi connectivity index (χ1) is 12.9. The number of rotatable bonds is 7. The van der Waals surface area contributed by atoms with Crippen LogP contribution in [0.15, 0.2) is 41.2 Å². The Morgan fingerprint density at radius 3 is 2.63 bits per heavy atom. The van der Waals surface area contributed by atoms with Gasteiger partial charge in [-0.1, -0.05) is 5.16 Å². The van der Waals surface area contributed by atoms with E-state index in [0.29, 0.717) is 23.6 Å². The van der Waals surface area contributed by atoms with Gasteiger partial charge in [0.25, 0.3) is 5.91 Å². The van der Waals surface area contributed by atoms with Gasteiger partial charge >= 0.3 is 0 Å². The Labute approximate surface area is 155 Å². The Hall–Kier alpha value is -3.62. The first-order valence-corrected chi connectivity index (χ1v) is 8.19. The molecule has 140 valence electrons. The van der Waals surface area contributed by atoms with Crippen molar-refractivity contribution in [1.82, 2.24) is 14.9 Å². The molecular weight excluding hydrogens is 350 g/mol. The number of carbonyl (C=O) groups excluding carboxylic acids is 2. The predicted octanol–water partition coefficient (Wildman–Crippen LogP) is 1.80. The van der Waals surface area contributed by atoms with E-state index in [1.54, 1.807) is 24.3 Å². The minimum Gasteiger partial charge on any atom is -0.489 e. The van der Waals surface area contributed by atoms with Gasteiger partial charge < -0.3 is 20.3 Å². The number of nitrogens with two attached hydrogens (primary N) is 1. The van der Waals surface area contributed by atoms with E-state index in [-0.39, 0.29) is 12.5 Å². The van der Waals surface area contributed by atoms with Crippen LogP contribution >= 0.6 is 0 Å². The molecule has 0 saturated carbocycles. The van der Waals surface area contributed by atoms with Crippen LogP contribution in [0, 0.1) is 13.8 Å². The summed E-state index contributed by atoms with van der Waals surface area (Å²) in [6, 6.07) is 6.74. The minimum atomic E-state index is -0.511. The molecule has 3 aromatic rings. The van der Waals surface area contributed by atoms with E-state index in [9.17, 15) is 9.59 Å². The number of primary amides is 1. The lowest BCUT2D eigenvalue weighted by molar-refractivity contribution is -0.118. The summed E-state index contributed by atoms with van der Waals surface area (Å²) in [5, 5.41) is 10.5. The lowest BCUT2D eigenvalue weighted by Gasteiger charge is -2.07. The summed E-state index contributed by atoms with van der Waals surface area (Å²) in [6.07, 6.45) is 2.98. The van der Waals surface area contributed by atoms with Gasteiger partial charge in [-0.25, -0.2) is 0 Å². The van der Waals surface area contributed by atoms with Crippen LogP contribution in [-0.2, 0) is 17.9 Å². The third-order valence-corrected chi connectivity index (χ3v) is 3.89. The molecule has 0 radical (unpaired) electrons. The zero-order valence-corrected chi connectivity index (χ0v) is 14.9. The molecule has 0 saturated heterocycles. The van der Waals surface area contributed by atoms with Crippen molar-refractivity contribution in [2.75, 3.05) is 5.32 Å². The summed E-state index contributed by atoms with van der Waals surface area (Å²) in [5.41, 5.74) is 7.74. The number of carbonyl (C=O) groups is 2. The Kier molecular flexibility index (Phi) is 5.20. The van der Waals surface area contributed by atoms with Crippen LogP contribution < -0.4 is 15.8 Å². The van der Waals surface area contributed by atoms with Crippen molar-refractivity contribution in [2.24, 2.45) is 5.73 Å². The van der Waals surface area contributed by atoms with E-state index in [1.807, 2.05) is 13.8 Å². The van der Waals surface area contributed by atoms with Crippen LogP contribution in [-0.4, -0.2) is 26.8 Å². The molecule has 0 aliphatic rings. The van der Waals surface area contributed by atoms with Crippen LogP contribution in [0.4, 0.5) is 5.69 Å². The summed E-state index contributed by atoms with van der Waals surface area (Å²) in [6.45, 7) is 3.98. The Bertz CT molecular complexity index is 939. The van der Waals surface area contributed by atoms with E-state index in [2.05, 4.69) is 15.6 Å². The molecule has 9 nitrogen and oxygen atoms in total. The molecule has 0 fully saturated rings. The second-order valence-electron chi connectivity index (χ2n) is 5.96. The number of benzene rings is 1. The van der Waals surface area contributed by atoms with E-state index in [1.165, 1.54) is 17.1 Å². The topological polar surface area (TPSA) is 125 Å². The molecule has 0 unspecified atom stereocenters. The highest BCUT2D eigenvalue weighted by Gasteiger charge is 2.11. The quantitative estimate of drug-likeness (QED) is 0.654. The average Bonchev–Trinajstić information content (AvgIpc) is 3.19. The molecule has 0 atom stereocenters. The molecule has 27 heavy (non-hydrogen) atoms. The molecule has 0 aliphatic heterocycles. The maximum atomic E-state index is 12.3. The molecule has 0 spiro atoms. The Morgan fingerprint density at radius 1 is 1.26 bits per heavy atom. The fourth-order valence-corrected chi connectivity index (χ4v) is 2.44. The van der Waals surface area contributed by atoms with Gasteiger partial charge in [0, 0.05) is 11.8 Å². The molecule has 2 amide bonds. The number of aromatic nitrogens is 3. The van der Waals surface area contributed by atoms with Gasteiger partial charge in [0.15, 0.2) is 0 Å². The van der Waals surface area contributed by atoms with Crippen LogP contribution in [0.5, 0.6) is 5.75 Å². The van der Waals surface area contributed by atoms with Gasteiger partial charge in [-0.15, -0.1) is 0 Å². The van der Waals surface area contributed by atoms with Crippen molar-refractivity contribution in [3.63, 3.8) is 0 Å². The number of aryl methyl sites for hydroxylation is 2. The second-order valence-corrected chi connectivity index (χ2v) is 5.96. The van der Waals surface area contributed by atoms with Gasteiger partial charge in [-0.3, -0.25) is 14.3 Å². The Balaban J connectivity index is 1.58. The van der Waals surface area contributed by atoms with Crippen molar-refractivity contribution in [1.29, 1.82) is 0 Å². The minimum absolute atomic E-state index is 0.0486. The Morgan fingerprint density at radius 2 is 2.00 bits per heavy atom. The summed E-state index contributed by atoms with van der Waals surface area (Å²) < 4.78 is 12.2. The maximum Gasteiger partial charge on any atom is 0.255 e. The van der Waals surface area contributed by atoms with Gasteiger partial charge in [0.05, 0.1) is 23.1 Å². The van der Waals surface area contributed by atoms with E-state index < -0.39 is 5.91 Å². The normalized spacial score (nSPS) is 10.6. The summed E-state index contributed by atoms with van der Waals surface area (Å²) in [5.74, 6) is 0.537. The van der Waals surface area contributed by atoms with Gasteiger partial charge in [0.2, 0.25) is 5.91 Å². The zero-order chi connectivity index (χ0) is 19.4. The maximum absolute atomic E-state index is 12.3. The van der Waals surface area contributed by atoms with Crippen molar-refractivity contribution in [2.45, 2.75) is 27.0 Å². The third kappa shape index (κ3) is 4.51. The molecule has 1 aromatic carbocycles. The van der Waals surface area contributed by atoms with Crippen molar-refractivity contribution in [3.8, 4) is 5.75 Å². The second kappa shape index (κ2) is 7.73. The summed E-state index contributed by atoms with van der Waals surface area (Å²) in [4.78, 5) is 23.2. The van der Waals surface area contributed by atoms with Crippen LogP contribution in [0.1, 0.15) is 27.4 Å². The third-order valence-electron chi connectivity index (χ3n) is 3.89. The van der Waals surface area contributed by atoms with Crippen molar-refractivity contribution in [3.05, 3.63) is 59.2 Å². The largest absolute Gasteiger partial charge is 0.489 e. The molecule has 3 N–H and O–H groups in total. The number of amides is 2. The van der Waals surface area contributed by atoms with Gasteiger partial charge in [0.1, 0.15) is 24.7 Å². The molecule has 0 bridgehead atoms. The lowest BCUT2D eigenvalue weighted by Crippen LogP contribution is -2.18. The molecule has 3 rings (SSSR count). The number of nitrogens with one attached hydrogen (secondary N) is 1. The van der Waals surface area contributed by atoms with Crippen molar-refractivity contribution >= 4 is 17.5 Å². The lowest BCUT2D eigenvalue weighted by atomic mass is 10.2. The zero-order valence-electron chi connectivity index (χ0n) is 14.9. The van der Waals surface area contributed by atoms with Gasteiger partial charge in [-0.05, 0) is 38.1 Å². The predicted molar refractivity (Wildman–Crippen MR) is 96.1 cm³/mol. The monoisotopic (exact) mass is 369 g/mol. The molecule has 9 heteroatoms. The fourth-order valence-electron chi connectivity index (χ4n) is 2.44. The standard InChI is InChI=1S/C18H19N5O4/c1-11-16(12(2)27-22-11)10-26-15-5-3-13(4-6-15)18(25)21-14-7-20-23(8-14)9-17(19)24/h3-8H,9-10H2,1-2H3,(H2,19,24)(H,21,25). The van der Waals surface area contributed by atoms with E-state index >= 15 is 0 Å². The molecule has 0 aliphatic carbocycles. The summed E-state index contributed by atoms with van der Waals surface area (Å²) >= 11 is 0. The highest BCUT2D eigenvalue weighted by molar-refractivity contribution is 6.04. The first kappa shape index (κ1) is 18.2. The summed E-state index contributed by atoms with van der Waals surface area (Å²) in [7, 11) is 0. The number of hydrogen-bond donors (Lipinski definition) is 2. The smallest absolute Gasteiger partial charge is 0.255 e. The van der Waals surface area contributed by atoms with Gasteiger partial charge in [-0.2, -0.15) is 5.10 Å². The highest BCUT2D eigenvalue weighted by atomic mass is 16.5. The number of ether oxygens (including phenoxy) is 1. The first-order valence-electron chi connectivity index (χ1n) is 8.19. The van der Waals surface area contributed by atoms with Crippen LogP contribution in [0.3, 0.4) is 0 Å². The highest BCUT2D eigenvalue weighted by Crippen LogP contribution is 2.18. The molecule has 2 aromatic heterocycles. The van der Waals surface area contributed by atoms with Crippen LogP contribution in [0.2, 0.25) is 0 Å². The van der Waals surface area contributed by atoms with E-state index in [4.69, 9.17) is 15.0 Å². The fraction of sp³-hybridized carbons (Fsp3) is 0.222. The molecule has 2 heterocycles. The number of nitrogens with zero attached hydrogens (tertiary/aromatic N) is 3. The van der Waals surface area contributed by atoms with Crippen LogP contribution in [0.25, 0.3) is 0 Å².